The Kier molecular flexibility index (Phi) is 7.99. The molecule has 9 heteroatoms. The summed E-state index contributed by atoms with van der Waals surface area (Å²) >= 11 is 12.5. The summed E-state index contributed by atoms with van der Waals surface area (Å²) in [4.78, 5) is 29.6. The fourth-order valence-corrected chi connectivity index (χ4v) is 5.45. The number of hydrogen-bond acceptors (Lipinski definition) is 4. The minimum absolute atomic E-state index is 0.0464. The Morgan fingerprint density at radius 2 is 1.84 bits per heavy atom. The molecule has 1 unspecified atom stereocenters. The number of carbonyl (C=O) groups is 1. The van der Waals surface area contributed by atoms with Crippen LogP contribution in [0.4, 0.5) is 0 Å². The van der Waals surface area contributed by atoms with E-state index in [0.717, 1.165) is 16.7 Å². The molecule has 0 aliphatic heterocycles. The number of hydrogen-bond donors (Lipinski definition) is 1. The van der Waals surface area contributed by atoms with E-state index in [0.29, 0.717) is 34.3 Å². The number of carboxylic acid groups (broad SMARTS) is 1. The molecule has 0 saturated carbocycles. The van der Waals surface area contributed by atoms with Crippen LogP contribution in [0, 0.1) is 6.92 Å². The number of imidazole rings is 1. The number of para-hydroxylation sites is 1. The van der Waals surface area contributed by atoms with E-state index in [1.807, 2.05) is 61.7 Å². The van der Waals surface area contributed by atoms with Gasteiger partial charge >= 0.3 is 5.97 Å². The number of ether oxygens (including phenoxy) is 1. The number of halogens is 2. The van der Waals surface area contributed by atoms with Crippen LogP contribution in [0.2, 0.25) is 10.0 Å². The predicted molar refractivity (Wildman–Crippen MR) is 150 cm³/mol. The number of methoxy groups -OCH3 is 1. The van der Waals surface area contributed by atoms with Gasteiger partial charge in [-0.2, -0.15) is 0 Å². The van der Waals surface area contributed by atoms with Gasteiger partial charge in [0.15, 0.2) is 5.69 Å². The number of aromatic nitrogens is 3. The molecule has 4 aromatic rings. The smallest absolute Gasteiger partial charge is 0.356 e. The van der Waals surface area contributed by atoms with Gasteiger partial charge in [0, 0.05) is 30.2 Å². The monoisotopic (exact) mass is 553 g/mol. The molecule has 1 N–H and O–H groups in total. The molecular weight excluding hydrogens is 525 g/mol. The van der Waals surface area contributed by atoms with Crippen LogP contribution >= 0.6 is 23.2 Å². The average Bonchev–Trinajstić information content (AvgIpc) is 3.27. The van der Waals surface area contributed by atoms with E-state index in [1.165, 1.54) is 4.57 Å². The van der Waals surface area contributed by atoms with E-state index in [9.17, 15) is 14.7 Å². The number of rotatable bonds is 8. The van der Waals surface area contributed by atoms with Crippen molar-refractivity contribution in [1.29, 1.82) is 0 Å². The minimum Gasteiger partial charge on any atom is -0.496 e. The molecule has 0 saturated heterocycles. The van der Waals surface area contributed by atoms with Gasteiger partial charge in [0.1, 0.15) is 16.6 Å². The van der Waals surface area contributed by atoms with Gasteiger partial charge in [-0.05, 0) is 74.2 Å². The third-order valence-electron chi connectivity index (χ3n) is 6.59. The molecule has 2 aromatic carbocycles. The average molecular weight is 554 g/mol. The third kappa shape index (κ3) is 5.22. The fourth-order valence-electron chi connectivity index (χ4n) is 4.95. The summed E-state index contributed by atoms with van der Waals surface area (Å²) in [6.07, 6.45) is 2.10. The van der Waals surface area contributed by atoms with E-state index in [4.69, 9.17) is 27.9 Å². The number of benzene rings is 2. The number of aryl methyl sites for hydroxylation is 2. The Bertz CT molecular complexity index is 1550. The van der Waals surface area contributed by atoms with Crippen molar-refractivity contribution < 1.29 is 14.6 Å². The van der Waals surface area contributed by atoms with Gasteiger partial charge in [-0.1, -0.05) is 41.4 Å². The van der Waals surface area contributed by atoms with Crippen LogP contribution in [0.25, 0.3) is 11.4 Å². The second-order valence-electron chi connectivity index (χ2n) is 9.51. The SMILES string of the molecule is COc1ccccc1-c1nc(C(=O)O)c(C(Cc2cc(Cl)c(=O)n(C)c2)c2ccc(Cl)cc2C)n1C(C)C. The van der Waals surface area contributed by atoms with Gasteiger partial charge in [0.25, 0.3) is 5.56 Å². The molecular formula is C29H29Cl2N3O4. The summed E-state index contributed by atoms with van der Waals surface area (Å²) in [5, 5.41) is 11.0. The van der Waals surface area contributed by atoms with Crippen LogP contribution in [-0.2, 0) is 13.5 Å². The lowest BCUT2D eigenvalue weighted by atomic mass is 9.85. The van der Waals surface area contributed by atoms with E-state index in [1.54, 1.807) is 32.5 Å². The van der Waals surface area contributed by atoms with Crippen LogP contribution in [0.5, 0.6) is 5.75 Å². The quantitative estimate of drug-likeness (QED) is 0.268. The lowest BCUT2D eigenvalue weighted by Gasteiger charge is -2.25. The molecule has 2 aromatic heterocycles. The van der Waals surface area contributed by atoms with Gasteiger partial charge < -0.3 is 19.0 Å². The van der Waals surface area contributed by atoms with Crippen LogP contribution in [-0.4, -0.2) is 32.3 Å². The molecule has 198 valence electrons. The van der Waals surface area contributed by atoms with Crippen molar-refractivity contribution in [3.8, 4) is 17.1 Å². The largest absolute Gasteiger partial charge is 0.496 e. The molecule has 0 fully saturated rings. The van der Waals surface area contributed by atoms with Crippen molar-refractivity contribution >= 4 is 29.2 Å². The highest BCUT2D eigenvalue weighted by atomic mass is 35.5. The zero-order chi connectivity index (χ0) is 27.7. The van der Waals surface area contributed by atoms with Gasteiger partial charge in [-0.3, -0.25) is 4.79 Å². The zero-order valence-corrected chi connectivity index (χ0v) is 23.3. The minimum atomic E-state index is -1.13. The van der Waals surface area contributed by atoms with Crippen LogP contribution in [0.15, 0.2) is 59.5 Å². The first kappa shape index (κ1) is 27.5. The van der Waals surface area contributed by atoms with E-state index in [2.05, 4.69) is 4.98 Å². The fraction of sp³-hybridized carbons (Fsp3) is 0.276. The zero-order valence-electron chi connectivity index (χ0n) is 21.8. The summed E-state index contributed by atoms with van der Waals surface area (Å²) in [5.74, 6) is -0.483. The molecule has 0 amide bonds. The first-order valence-corrected chi connectivity index (χ1v) is 12.9. The number of nitrogens with zero attached hydrogens (tertiary/aromatic N) is 3. The summed E-state index contributed by atoms with van der Waals surface area (Å²) in [6, 6.07) is 14.5. The van der Waals surface area contributed by atoms with Gasteiger partial charge in [0.2, 0.25) is 0 Å². The molecule has 0 bridgehead atoms. The molecule has 0 spiro atoms. The standard InChI is InChI=1S/C29H29Cl2N3O4/c1-16(2)34-26(25(29(36)37)32-27(34)21-8-6-7-9-24(21)38-5)22(20-11-10-19(30)12-17(20)3)13-18-14-23(31)28(35)33(4)15-18/h6-12,14-16,22H,13H2,1-5H3,(H,36,37). The number of aromatic carboxylic acids is 1. The van der Waals surface area contributed by atoms with Crippen LogP contribution in [0.1, 0.15) is 58.7 Å². The summed E-state index contributed by atoms with van der Waals surface area (Å²) in [5.41, 5.74) is 3.47. The molecule has 0 aliphatic carbocycles. The van der Waals surface area contributed by atoms with Crippen molar-refractivity contribution in [3.63, 3.8) is 0 Å². The maximum Gasteiger partial charge on any atom is 0.356 e. The molecule has 1 atom stereocenters. The van der Waals surface area contributed by atoms with E-state index in [-0.39, 0.29) is 22.3 Å². The Labute approximate surface area is 231 Å². The number of carboxylic acids is 1. The Balaban J connectivity index is 2.06. The molecule has 0 aliphatic rings. The Hall–Kier alpha value is -3.55. The molecule has 2 heterocycles. The maximum absolute atomic E-state index is 12.7. The summed E-state index contributed by atoms with van der Waals surface area (Å²) < 4.78 is 8.99. The summed E-state index contributed by atoms with van der Waals surface area (Å²) in [7, 11) is 3.21. The lowest BCUT2D eigenvalue weighted by molar-refractivity contribution is 0.0689. The van der Waals surface area contributed by atoms with Crippen LogP contribution < -0.4 is 10.3 Å². The highest BCUT2D eigenvalue weighted by molar-refractivity contribution is 6.30. The van der Waals surface area contributed by atoms with Crippen molar-refractivity contribution in [2.75, 3.05) is 7.11 Å². The Morgan fingerprint density at radius 3 is 2.45 bits per heavy atom. The topological polar surface area (TPSA) is 86.4 Å². The highest BCUT2D eigenvalue weighted by Crippen LogP contribution is 2.40. The van der Waals surface area contributed by atoms with Crippen molar-refractivity contribution in [3.05, 3.63) is 103 Å². The van der Waals surface area contributed by atoms with E-state index < -0.39 is 11.9 Å². The highest BCUT2D eigenvalue weighted by Gasteiger charge is 2.32. The van der Waals surface area contributed by atoms with Gasteiger partial charge in [-0.15, -0.1) is 0 Å². The predicted octanol–water partition coefficient (Wildman–Crippen LogP) is 6.53. The third-order valence-corrected chi connectivity index (χ3v) is 7.09. The second kappa shape index (κ2) is 11.1. The molecule has 7 nitrogen and oxygen atoms in total. The second-order valence-corrected chi connectivity index (χ2v) is 10.4. The molecule has 38 heavy (non-hydrogen) atoms. The first-order valence-electron chi connectivity index (χ1n) is 12.1. The van der Waals surface area contributed by atoms with Gasteiger partial charge in [0.05, 0.1) is 18.4 Å². The van der Waals surface area contributed by atoms with Crippen molar-refractivity contribution in [2.45, 2.75) is 39.2 Å². The lowest BCUT2D eigenvalue weighted by Crippen LogP contribution is -2.20. The van der Waals surface area contributed by atoms with Gasteiger partial charge in [-0.25, -0.2) is 9.78 Å². The van der Waals surface area contributed by atoms with E-state index >= 15 is 0 Å². The number of pyridine rings is 1. The molecule has 0 radical (unpaired) electrons. The normalized spacial score (nSPS) is 12.1. The van der Waals surface area contributed by atoms with Crippen LogP contribution in [0.3, 0.4) is 0 Å². The van der Waals surface area contributed by atoms with Crippen molar-refractivity contribution in [2.24, 2.45) is 7.05 Å². The Morgan fingerprint density at radius 1 is 1.13 bits per heavy atom. The molecule has 4 rings (SSSR count). The summed E-state index contributed by atoms with van der Waals surface area (Å²) in [6.45, 7) is 5.93. The maximum atomic E-state index is 12.7. The first-order chi connectivity index (χ1) is 18.0. The van der Waals surface area contributed by atoms with Crippen molar-refractivity contribution in [1.82, 2.24) is 14.1 Å².